The lowest BCUT2D eigenvalue weighted by molar-refractivity contribution is -0.120. The van der Waals surface area contributed by atoms with Gasteiger partial charge in [0.25, 0.3) is 11.8 Å². The number of anilines is 1. The van der Waals surface area contributed by atoms with Gasteiger partial charge in [-0.2, -0.15) is 11.8 Å². The summed E-state index contributed by atoms with van der Waals surface area (Å²) in [5, 5.41) is 3.06. The Hall–Kier alpha value is -2.47. The fourth-order valence-electron chi connectivity index (χ4n) is 2.40. The highest BCUT2D eigenvalue weighted by molar-refractivity contribution is 7.98. The number of amides is 2. The Balaban J connectivity index is 1.78. The molecule has 0 atom stereocenters. The highest BCUT2D eigenvalue weighted by Gasteiger charge is 2.08. The smallest absolute Gasteiger partial charge is 0.269 e. The summed E-state index contributed by atoms with van der Waals surface area (Å²) >= 11 is 1.83. The van der Waals surface area contributed by atoms with Crippen LogP contribution in [-0.4, -0.2) is 24.1 Å². The second kappa shape index (κ2) is 9.87. The van der Waals surface area contributed by atoms with E-state index in [1.807, 2.05) is 55.9 Å². The third kappa shape index (κ3) is 6.11. The molecule has 138 valence electrons. The topological polar surface area (TPSA) is 70.2 Å². The maximum atomic E-state index is 12.1. The zero-order valence-corrected chi connectivity index (χ0v) is 16.2. The van der Waals surface area contributed by atoms with E-state index >= 15 is 0 Å². The zero-order chi connectivity index (χ0) is 18.9. The van der Waals surface area contributed by atoms with Gasteiger partial charge in [0.05, 0.1) is 6.54 Å². The van der Waals surface area contributed by atoms with E-state index in [0.717, 1.165) is 22.8 Å². The number of nitrogens with one attached hydrogen (secondary N) is 3. The fraction of sp³-hybridized carbons (Fsp3) is 0.300. The van der Waals surface area contributed by atoms with Crippen molar-refractivity contribution in [1.82, 2.24) is 10.9 Å². The van der Waals surface area contributed by atoms with Crippen LogP contribution in [0.15, 0.2) is 42.5 Å². The van der Waals surface area contributed by atoms with E-state index in [-0.39, 0.29) is 18.4 Å². The van der Waals surface area contributed by atoms with Crippen LogP contribution in [0.4, 0.5) is 5.69 Å². The monoisotopic (exact) mass is 371 g/mol. The molecule has 0 saturated carbocycles. The van der Waals surface area contributed by atoms with Gasteiger partial charge in [-0.3, -0.25) is 20.4 Å². The van der Waals surface area contributed by atoms with Crippen LogP contribution in [0.5, 0.6) is 0 Å². The van der Waals surface area contributed by atoms with Crippen molar-refractivity contribution in [3.63, 3.8) is 0 Å². The molecule has 0 fully saturated rings. The highest BCUT2D eigenvalue weighted by Crippen LogP contribution is 2.15. The van der Waals surface area contributed by atoms with Gasteiger partial charge in [0.2, 0.25) is 0 Å². The number of benzene rings is 2. The molecule has 0 aliphatic rings. The molecule has 0 radical (unpaired) electrons. The standard InChI is InChI=1S/C20H25N3O2S/c1-4-26-13-16-6-8-17(9-7-16)20(25)23-22-19(24)12-21-18-10-5-14(2)11-15(18)3/h5-11,21H,4,12-13H2,1-3H3,(H,22,24)(H,23,25). The summed E-state index contributed by atoms with van der Waals surface area (Å²) in [6.07, 6.45) is 0. The van der Waals surface area contributed by atoms with Gasteiger partial charge in [-0.15, -0.1) is 0 Å². The number of thioether (sulfide) groups is 1. The molecule has 0 aromatic heterocycles. The molecule has 2 rings (SSSR count). The van der Waals surface area contributed by atoms with Crippen LogP contribution < -0.4 is 16.2 Å². The van der Waals surface area contributed by atoms with E-state index < -0.39 is 0 Å². The summed E-state index contributed by atoms with van der Waals surface area (Å²) < 4.78 is 0. The third-order valence-corrected chi connectivity index (χ3v) is 4.77. The lowest BCUT2D eigenvalue weighted by atomic mass is 10.1. The number of hydrazine groups is 1. The van der Waals surface area contributed by atoms with Crippen molar-refractivity contribution in [2.24, 2.45) is 0 Å². The minimum atomic E-state index is -0.334. The molecular weight excluding hydrogens is 346 g/mol. The van der Waals surface area contributed by atoms with E-state index in [0.29, 0.717) is 5.56 Å². The van der Waals surface area contributed by atoms with Gasteiger partial charge in [-0.1, -0.05) is 36.8 Å². The lowest BCUT2D eigenvalue weighted by Gasteiger charge is -2.11. The van der Waals surface area contributed by atoms with E-state index in [1.165, 1.54) is 11.1 Å². The Morgan fingerprint density at radius 1 is 1.00 bits per heavy atom. The molecular formula is C20H25N3O2S. The SMILES string of the molecule is CCSCc1ccc(C(=O)NNC(=O)CNc2ccc(C)cc2C)cc1. The lowest BCUT2D eigenvalue weighted by Crippen LogP contribution is -2.44. The van der Waals surface area contributed by atoms with Crippen LogP contribution in [0.2, 0.25) is 0 Å². The minimum Gasteiger partial charge on any atom is -0.376 e. The number of rotatable bonds is 7. The predicted octanol–water partition coefficient (Wildman–Crippen LogP) is 3.43. The Bertz CT molecular complexity index is 760. The highest BCUT2D eigenvalue weighted by atomic mass is 32.2. The van der Waals surface area contributed by atoms with Gasteiger partial charge in [-0.25, -0.2) is 0 Å². The molecule has 26 heavy (non-hydrogen) atoms. The van der Waals surface area contributed by atoms with Gasteiger partial charge < -0.3 is 5.32 Å². The summed E-state index contributed by atoms with van der Waals surface area (Å²) in [6.45, 7) is 6.20. The quantitative estimate of drug-likeness (QED) is 0.652. The summed E-state index contributed by atoms with van der Waals surface area (Å²) in [5.41, 5.74) is 9.69. The van der Waals surface area contributed by atoms with Gasteiger partial charge >= 0.3 is 0 Å². The molecule has 0 bridgehead atoms. The zero-order valence-electron chi connectivity index (χ0n) is 15.4. The number of carbonyl (C=O) groups is 2. The van der Waals surface area contributed by atoms with Gasteiger partial charge in [0.15, 0.2) is 0 Å². The van der Waals surface area contributed by atoms with Crippen molar-refractivity contribution in [1.29, 1.82) is 0 Å². The van der Waals surface area contributed by atoms with Crippen LogP contribution >= 0.6 is 11.8 Å². The van der Waals surface area contributed by atoms with E-state index in [4.69, 9.17) is 0 Å². The average Bonchev–Trinajstić information content (AvgIpc) is 2.64. The molecule has 0 aliphatic carbocycles. The Morgan fingerprint density at radius 3 is 2.38 bits per heavy atom. The van der Waals surface area contributed by atoms with Crippen LogP contribution in [-0.2, 0) is 10.5 Å². The first-order chi connectivity index (χ1) is 12.5. The number of hydrogen-bond acceptors (Lipinski definition) is 4. The fourth-order valence-corrected chi connectivity index (χ4v) is 3.03. The van der Waals surface area contributed by atoms with Crippen molar-refractivity contribution in [3.05, 3.63) is 64.7 Å². The normalized spacial score (nSPS) is 10.3. The molecule has 0 heterocycles. The Morgan fingerprint density at radius 2 is 1.73 bits per heavy atom. The summed E-state index contributed by atoms with van der Waals surface area (Å²) in [7, 11) is 0. The first-order valence-corrected chi connectivity index (χ1v) is 9.72. The number of hydrogen-bond donors (Lipinski definition) is 3. The number of carbonyl (C=O) groups excluding carboxylic acids is 2. The number of aryl methyl sites for hydroxylation is 2. The van der Waals surface area contributed by atoms with Gasteiger partial charge in [-0.05, 0) is 48.9 Å². The van der Waals surface area contributed by atoms with E-state index in [2.05, 4.69) is 23.1 Å². The second-order valence-corrected chi connectivity index (χ2v) is 7.28. The Labute approximate surface area is 158 Å². The van der Waals surface area contributed by atoms with Crippen LogP contribution in [0.3, 0.4) is 0 Å². The van der Waals surface area contributed by atoms with Crippen molar-refractivity contribution < 1.29 is 9.59 Å². The third-order valence-electron chi connectivity index (χ3n) is 3.83. The van der Waals surface area contributed by atoms with E-state index in [9.17, 15) is 9.59 Å². The van der Waals surface area contributed by atoms with Gasteiger partial charge in [0.1, 0.15) is 0 Å². The van der Waals surface area contributed by atoms with Crippen molar-refractivity contribution in [2.45, 2.75) is 26.5 Å². The van der Waals surface area contributed by atoms with Crippen LogP contribution in [0.1, 0.15) is 34.0 Å². The first-order valence-electron chi connectivity index (χ1n) is 8.56. The largest absolute Gasteiger partial charge is 0.376 e. The predicted molar refractivity (Wildman–Crippen MR) is 108 cm³/mol. The molecule has 5 nitrogen and oxygen atoms in total. The molecule has 0 spiro atoms. The summed E-state index contributed by atoms with van der Waals surface area (Å²) in [6, 6.07) is 13.4. The molecule has 2 aromatic carbocycles. The molecule has 2 amide bonds. The second-order valence-electron chi connectivity index (χ2n) is 6.01. The molecule has 6 heteroatoms. The average molecular weight is 372 g/mol. The van der Waals surface area contributed by atoms with Gasteiger partial charge in [0, 0.05) is 17.0 Å². The maximum absolute atomic E-state index is 12.1. The summed E-state index contributed by atoms with van der Waals surface area (Å²) in [4.78, 5) is 24.0. The molecule has 2 aromatic rings. The maximum Gasteiger partial charge on any atom is 0.269 e. The molecule has 3 N–H and O–H groups in total. The Kier molecular flexibility index (Phi) is 7.53. The molecule has 0 unspecified atom stereocenters. The molecule has 0 saturated heterocycles. The van der Waals surface area contributed by atoms with Crippen molar-refractivity contribution in [3.8, 4) is 0 Å². The van der Waals surface area contributed by atoms with Crippen LogP contribution in [0.25, 0.3) is 0 Å². The minimum absolute atomic E-state index is 0.0807. The van der Waals surface area contributed by atoms with Crippen molar-refractivity contribution >= 4 is 29.3 Å². The molecule has 0 aliphatic heterocycles. The van der Waals surface area contributed by atoms with Crippen molar-refractivity contribution in [2.75, 3.05) is 17.6 Å². The summed E-state index contributed by atoms with van der Waals surface area (Å²) in [5.74, 6) is 1.35. The van der Waals surface area contributed by atoms with Crippen LogP contribution in [0, 0.1) is 13.8 Å². The first kappa shape index (κ1) is 19.8. The van der Waals surface area contributed by atoms with E-state index in [1.54, 1.807) is 12.1 Å².